The van der Waals surface area contributed by atoms with E-state index in [4.69, 9.17) is 9.05 Å². The van der Waals surface area contributed by atoms with Crippen molar-refractivity contribution in [3.05, 3.63) is 0 Å². The Bertz CT molecular complexity index is 493. The normalized spacial score (nSPS) is 11.7. The van der Waals surface area contributed by atoms with Gasteiger partial charge < -0.3 is 13.9 Å². The minimum Gasteiger partial charge on any atom is -0.756 e. The van der Waals surface area contributed by atoms with Gasteiger partial charge in [-0.25, -0.2) is 0 Å². The molecule has 0 fully saturated rings. The zero-order valence-electron chi connectivity index (χ0n) is 29.1. The second-order valence-corrected chi connectivity index (χ2v) is 14.1. The van der Waals surface area contributed by atoms with Crippen LogP contribution in [0.4, 0.5) is 0 Å². The largest absolute Gasteiger partial charge is 1.00 e. The number of hydrogen-bond donors (Lipinski definition) is 0. The molecular formula is C36H74NaO4P. The maximum Gasteiger partial charge on any atom is 1.00 e. The van der Waals surface area contributed by atoms with Crippen molar-refractivity contribution in [2.75, 3.05) is 13.2 Å². The van der Waals surface area contributed by atoms with Crippen molar-refractivity contribution in [2.24, 2.45) is 0 Å². The minimum atomic E-state index is -4.12. The molecule has 248 valence electrons. The summed E-state index contributed by atoms with van der Waals surface area (Å²) in [5.41, 5.74) is 0. The average Bonchev–Trinajstić information content (AvgIpc) is 2.96. The monoisotopic (exact) mass is 625 g/mol. The molecule has 0 aliphatic carbocycles. The Morgan fingerprint density at radius 1 is 0.357 bits per heavy atom. The van der Waals surface area contributed by atoms with Gasteiger partial charge >= 0.3 is 29.6 Å². The summed E-state index contributed by atoms with van der Waals surface area (Å²) in [6, 6.07) is 0. The Hall–Kier alpha value is 1.11. The second-order valence-electron chi connectivity index (χ2n) is 12.7. The van der Waals surface area contributed by atoms with E-state index in [9.17, 15) is 9.46 Å². The van der Waals surface area contributed by atoms with Crippen molar-refractivity contribution in [1.29, 1.82) is 0 Å². The van der Waals surface area contributed by atoms with Crippen LogP contribution in [0.15, 0.2) is 0 Å². The van der Waals surface area contributed by atoms with E-state index in [1.54, 1.807) is 0 Å². The van der Waals surface area contributed by atoms with Crippen molar-refractivity contribution >= 4 is 7.82 Å². The fraction of sp³-hybridized carbons (Fsp3) is 1.00. The van der Waals surface area contributed by atoms with E-state index in [-0.39, 0.29) is 42.8 Å². The molecule has 0 radical (unpaired) electrons. The molecule has 0 aromatic rings. The summed E-state index contributed by atoms with van der Waals surface area (Å²) in [6.07, 6.45) is 41.9. The third kappa shape index (κ3) is 39.1. The summed E-state index contributed by atoms with van der Waals surface area (Å²) in [7, 11) is -4.12. The first kappa shape index (κ1) is 45.2. The average molecular weight is 625 g/mol. The van der Waals surface area contributed by atoms with Crippen molar-refractivity contribution in [2.45, 2.75) is 219 Å². The van der Waals surface area contributed by atoms with E-state index >= 15 is 0 Å². The van der Waals surface area contributed by atoms with Gasteiger partial charge in [0, 0.05) is 0 Å². The second kappa shape index (κ2) is 38.3. The molecule has 0 bridgehead atoms. The van der Waals surface area contributed by atoms with Crippen LogP contribution >= 0.6 is 7.82 Å². The van der Waals surface area contributed by atoms with Crippen LogP contribution in [0.2, 0.25) is 0 Å². The number of phosphoric acid groups is 1. The first-order valence-electron chi connectivity index (χ1n) is 18.7. The minimum absolute atomic E-state index is 0. The van der Waals surface area contributed by atoms with Gasteiger partial charge in [0.25, 0.3) is 7.82 Å². The fourth-order valence-electron chi connectivity index (χ4n) is 5.69. The van der Waals surface area contributed by atoms with Gasteiger partial charge in [-0.1, -0.05) is 206 Å². The van der Waals surface area contributed by atoms with Crippen molar-refractivity contribution in [1.82, 2.24) is 0 Å². The molecule has 0 unspecified atom stereocenters. The molecule has 0 N–H and O–H groups in total. The SMILES string of the molecule is CCCCCCCCCCCCCCCCCCOP(=O)([O-])OCCCCCCCCCCCCCCCCCC.[Na+]. The molecule has 0 atom stereocenters. The van der Waals surface area contributed by atoms with E-state index in [1.807, 2.05) is 0 Å². The Kier molecular flexibility index (Phi) is 41.2. The van der Waals surface area contributed by atoms with Crippen LogP contribution < -0.4 is 34.5 Å². The van der Waals surface area contributed by atoms with Gasteiger partial charge in [0.2, 0.25) is 0 Å². The predicted octanol–water partition coefficient (Wildman–Crippen LogP) is 10.0. The molecule has 0 rings (SSSR count). The molecule has 0 aliphatic rings. The molecule has 0 spiro atoms. The first-order chi connectivity index (χ1) is 20.1. The molecule has 6 heteroatoms. The van der Waals surface area contributed by atoms with Crippen molar-refractivity contribution in [3.63, 3.8) is 0 Å². The molecule has 0 aromatic carbocycles. The van der Waals surface area contributed by atoms with E-state index in [2.05, 4.69) is 13.8 Å². The van der Waals surface area contributed by atoms with Crippen molar-refractivity contribution in [3.8, 4) is 0 Å². The van der Waals surface area contributed by atoms with Gasteiger partial charge in [0.05, 0.1) is 13.2 Å². The van der Waals surface area contributed by atoms with Crippen LogP contribution in [0.1, 0.15) is 219 Å². The molecule has 42 heavy (non-hydrogen) atoms. The zero-order valence-corrected chi connectivity index (χ0v) is 32.0. The summed E-state index contributed by atoms with van der Waals surface area (Å²) in [6.45, 7) is 5.08. The maximum atomic E-state index is 11.9. The molecule has 0 amide bonds. The van der Waals surface area contributed by atoms with Crippen LogP contribution in [-0.4, -0.2) is 13.2 Å². The van der Waals surface area contributed by atoms with Gasteiger partial charge in [0.1, 0.15) is 0 Å². The summed E-state index contributed by atoms with van der Waals surface area (Å²) < 4.78 is 22.0. The smallest absolute Gasteiger partial charge is 0.756 e. The number of rotatable bonds is 36. The number of hydrogen-bond acceptors (Lipinski definition) is 4. The molecule has 0 aliphatic heterocycles. The Labute approximate surface area is 286 Å². The fourth-order valence-corrected chi connectivity index (χ4v) is 6.47. The third-order valence-electron chi connectivity index (χ3n) is 8.49. The molecule has 4 nitrogen and oxygen atoms in total. The maximum absolute atomic E-state index is 11.9. The summed E-state index contributed by atoms with van der Waals surface area (Å²) in [5, 5.41) is 0. The standard InChI is InChI=1S/C36H75O4P.Na/c1-3-5-7-9-11-13-15-17-19-21-23-25-27-29-31-33-35-39-41(37,38)40-36-34-32-30-28-26-24-22-20-18-16-14-12-10-8-6-4-2;/h3-36H2,1-2H3,(H,37,38);/q;+1/p-1. The molecule has 0 saturated carbocycles. The molecule has 0 heterocycles. The Balaban J connectivity index is 0. The Morgan fingerprint density at radius 2 is 0.524 bits per heavy atom. The first-order valence-corrected chi connectivity index (χ1v) is 20.2. The van der Waals surface area contributed by atoms with Crippen LogP contribution in [0, 0.1) is 0 Å². The molecular weight excluding hydrogens is 550 g/mol. The van der Waals surface area contributed by atoms with Gasteiger partial charge in [-0.3, -0.25) is 4.57 Å². The summed E-state index contributed by atoms with van der Waals surface area (Å²) >= 11 is 0. The topological polar surface area (TPSA) is 58.6 Å². The van der Waals surface area contributed by atoms with E-state index in [0.29, 0.717) is 0 Å². The third-order valence-corrected chi connectivity index (χ3v) is 9.49. The summed E-state index contributed by atoms with van der Waals surface area (Å²) in [5.74, 6) is 0. The van der Waals surface area contributed by atoms with E-state index < -0.39 is 7.82 Å². The van der Waals surface area contributed by atoms with Gasteiger partial charge in [-0.2, -0.15) is 0 Å². The molecule has 0 aromatic heterocycles. The van der Waals surface area contributed by atoms with Crippen LogP contribution in [0.5, 0.6) is 0 Å². The van der Waals surface area contributed by atoms with Crippen LogP contribution in [0.3, 0.4) is 0 Å². The van der Waals surface area contributed by atoms with Crippen LogP contribution in [-0.2, 0) is 13.6 Å². The summed E-state index contributed by atoms with van der Waals surface area (Å²) in [4.78, 5) is 11.9. The molecule has 0 saturated heterocycles. The predicted molar refractivity (Wildman–Crippen MR) is 179 cm³/mol. The zero-order chi connectivity index (χ0) is 30.0. The van der Waals surface area contributed by atoms with Crippen molar-refractivity contribution < 1.29 is 48.1 Å². The van der Waals surface area contributed by atoms with E-state index in [0.717, 1.165) is 25.7 Å². The van der Waals surface area contributed by atoms with E-state index in [1.165, 1.54) is 180 Å². The quantitative estimate of drug-likeness (QED) is 0.0395. The van der Waals surface area contributed by atoms with Gasteiger partial charge in [-0.05, 0) is 12.8 Å². The number of phosphoric ester groups is 1. The van der Waals surface area contributed by atoms with Crippen LogP contribution in [0.25, 0.3) is 0 Å². The van der Waals surface area contributed by atoms with Gasteiger partial charge in [-0.15, -0.1) is 0 Å². The Morgan fingerprint density at radius 3 is 0.714 bits per heavy atom. The number of unbranched alkanes of at least 4 members (excludes halogenated alkanes) is 30. The van der Waals surface area contributed by atoms with Gasteiger partial charge in [0.15, 0.2) is 0 Å².